The van der Waals surface area contributed by atoms with Gasteiger partial charge in [0.2, 0.25) is 0 Å². The topological polar surface area (TPSA) is 38.0 Å². The van der Waals surface area contributed by atoms with Crippen molar-refractivity contribution in [2.45, 2.75) is 6.92 Å². The molecule has 0 amide bonds. The van der Waals surface area contributed by atoms with Gasteiger partial charge in [-0.1, -0.05) is 0 Å². The molecule has 2 nitrogen and oxygen atoms in total. The Morgan fingerprint density at radius 3 is 2.50 bits per heavy atom. The highest BCUT2D eigenvalue weighted by molar-refractivity contribution is 7.80. The van der Waals surface area contributed by atoms with E-state index in [0.29, 0.717) is 5.11 Å². The molecule has 0 aromatic carbocycles. The van der Waals surface area contributed by atoms with E-state index in [9.17, 15) is 0 Å². The van der Waals surface area contributed by atoms with E-state index in [1.54, 1.807) is 0 Å². The molecule has 0 aliphatic rings. The number of nitrogens with one attached hydrogen (secondary N) is 1. The lowest BCUT2D eigenvalue weighted by Crippen LogP contribution is -2.28. The maximum absolute atomic E-state index is 5.02. The number of nitrogens with two attached hydrogens (primary N) is 1. The minimum atomic E-state index is 0.373. The van der Waals surface area contributed by atoms with Crippen molar-refractivity contribution in [1.29, 1.82) is 0 Å². The van der Waals surface area contributed by atoms with Crippen LogP contribution < -0.4 is 11.1 Å². The average Bonchev–Trinajstić information content (AvgIpc) is 1.35. The predicted octanol–water partition coefficient (Wildman–Crippen LogP) is -0.160. The van der Waals surface area contributed by atoms with E-state index in [0.717, 1.165) is 6.54 Å². The maximum atomic E-state index is 5.02. The molecule has 3 N–H and O–H groups in total. The SMILES string of the molecule is CCNC(N)=[35S]. The Labute approximate surface area is 42.7 Å². The zero-order chi connectivity index (χ0) is 4.99. The van der Waals surface area contributed by atoms with Crippen LogP contribution >= 0.6 is 12.2 Å². The largest absolute Gasteiger partial charge is 0.376 e. The van der Waals surface area contributed by atoms with E-state index >= 15 is 0 Å². The molecule has 0 aliphatic carbocycles. The standard InChI is InChI=1S/C3H8N2S/c1-2-5-3(4)6/h2H2,1H3,(H3,4,5,6)/i6+3. The van der Waals surface area contributed by atoms with Crippen molar-refractivity contribution < 1.29 is 0 Å². The second-order valence-corrected chi connectivity index (χ2v) is 1.33. The van der Waals surface area contributed by atoms with Gasteiger partial charge in [0.1, 0.15) is 0 Å². The summed E-state index contributed by atoms with van der Waals surface area (Å²) in [4.78, 5) is 0. The summed E-state index contributed by atoms with van der Waals surface area (Å²) in [5.74, 6) is 0. The van der Waals surface area contributed by atoms with Gasteiger partial charge in [0, 0.05) is 6.54 Å². The lowest BCUT2D eigenvalue weighted by Gasteiger charge is -1.92. The van der Waals surface area contributed by atoms with Crippen LogP contribution in [-0.4, -0.2) is 11.7 Å². The van der Waals surface area contributed by atoms with E-state index < -0.39 is 0 Å². The number of hydrogen-bond acceptors (Lipinski definition) is 1. The van der Waals surface area contributed by atoms with Gasteiger partial charge in [-0.25, -0.2) is 0 Å². The van der Waals surface area contributed by atoms with E-state index in [4.69, 9.17) is 5.73 Å². The first-order chi connectivity index (χ1) is 2.77. The summed E-state index contributed by atoms with van der Waals surface area (Å²) in [6.45, 7) is 2.76. The van der Waals surface area contributed by atoms with Crippen molar-refractivity contribution >= 4 is 17.3 Å². The molecular formula is C3H8N2S. The first-order valence-corrected chi connectivity index (χ1v) is 2.21. The van der Waals surface area contributed by atoms with Crippen molar-refractivity contribution in [2.75, 3.05) is 6.54 Å². The zero-order valence-electron chi connectivity index (χ0n) is 3.69. The van der Waals surface area contributed by atoms with Crippen molar-refractivity contribution in [2.24, 2.45) is 5.73 Å². The highest BCUT2D eigenvalue weighted by atomic mass is 35.0. The van der Waals surface area contributed by atoms with Gasteiger partial charge in [0.05, 0.1) is 0 Å². The molecule has 3 heteroatoms. The first-order valence-electron chi connectivity index (χ1n) is 1.80. The Kier molecular flexibility index (Phi) is 2.75. The highest BCUT2D eigenvalue weighted by Gasteiger charge is 1.73. The molecular weight excluding hydrogens is 99.0 g/mol. The Bertz CT molecular complexity index is 52.8. The van der Waals surface area contributed by atoms with Crippen LogP contribution in [0.5, 0.6) is 0 Å². The average molecular weight is 107 g/mol. The molecule has 0 spiro atoms. The van der Waals surface area contributed by atoms with E-state index in [2.05, 4.69) is 17.5 Å². The predicted molar refractivity (Wildman–Crippen MR) is 30.5 cm³/mol. The molecule has 0 rings (SSSR count). The summed E-state index contributed by atoms with van der Waals surface area (Å²) in [7, 11) is 0. The smallest absolute Gasteiger partial charge is 0.163 e. The van der Waals surface area contributed by atoms with E-state index in [1.807, 2.05) is 6.92 Å². The normalized spacial score (nSPS) is 7.50. The van der Waals surface area contributed by atoms with Crippen LogP contribution in [0.2, 0.25) is 0 Å². The first kappa shape index (κ1) is 5.69. The molecule has 0 aliphatic heterocycles. The summed E-state index contributed by atoms with van der Waals surface area (Å²) >= 11 is 4.46. The van der Waals surface area contributed by atoms with Crippen LogP contribution in [0.1, 0.15) is 6.92 Å². The Morgan fingerprint density at radius 2 is 2.50 bits per heavy atom. The molecule has 0 saturated heterocycles. The van der Waals surface area contributed by atoms with Gasteiger partial charge in [0.25, 0.3) is 0 Å². The van der Waals surface area contributed by atoms with Gasteiger partial charge in [0.15, 0.2) is 5.11 Å². The Balaban J connectivity index is 2.83. The van der Waals surface area contributed by atoms with Crippen LogP contribution in [0.25, 0.3) is 0 Å². The molecule has 0 heterocycles. The molecule has 0 unspecified atom stereocenters. The fourth-order valence-electron chi connectivity index (χ4n) is 0.174. The van der Waals surface area contributed by atoms with E-state index in [1.165, 1.54) is 0 Å². The molecule has 0 atom stereocenters. The number of thiocarbonyl (C=S) groups is 1. The molecule has 0 fully saturated rings. The third kappa shape index (κ3) is 3.69. The van der Waals surface area contributed by atoms with Gasteiger partial charge in [-0.3, -0.25) is 0 Å². The van der Waals surface area contributed by atoms with E-state index in [-0.39, 0.29) is 0 Å². The number of hydrogen-bond donors (Lipinski definition) is 2. The van der Waals surface area contributed by atoms with Crippen LogP contribution in [0.15, 0.2) is 0 Å². The lowest BCUT2D eigenvalue weighted by molar-refractivity contribution is 0.973. The van der Waals surface area contributed by atoms with Crippen molar-refractivity contribution in [3.05, 3.63) is 0 Å². The van der Waals surface area contributed by atoms with Gasteiger partial charge in [-0.15, -0.1) is 0 Å². The zero-order valence-corrected chi connectivity index (χ0v) is 4.51. The summed E-state index contributed by atoms with van der Waals surface area (Å²) in [6.07, 6.45) is 0. The van der Waals surface area contributed by atoms with Crippen LogP contribution in [-0.2, 0) is 0 Å². The van der Waals surface area contributed by atoms with Crippen molar-refractivity contribution in [1.82, 2.24) is 5.32 Å². The summed E-state index contributed by atoms with van der Waals surface area (Å²) in [5, 5.41) is 3.09. The fraction of sp³-hybridized carbons (Fsp3) is 0.667. The highest BCUT2D eigenvalue weighted by Crippen LogP contribution is 1.52. The maximum Gasteiger partial charge on any atom is 0.163 e. The summed E-state index contributed by atoms with van der Waals surface area (Å²) < 4.78 is 0. The van der Waals surface area contributed by atoms with Crippen LogP contribution in [0.4, 0.5) is 0 Å². The molecule has 36 valence electrons. The molecule has 0 saturated carbocycles. The number of rotatable bonds is 1. The molecule has 0 aromatic rings. The second kappa shape index (κ2) is 2.90. The second-order valence-electron chi connectivity index (χ2n) is 0.895. The van der Waals surface area contributed by atoms with Crippen molar-refractivity contribution in [3.63, 3.8) is 0 Å². The monoisotopic (exact) mass is 107 g/mol. The lowest BCUT2D eigenvalue weighted by atomic mass is 10.8. The summed E-state index contributed by atoms with van der Waals surface area (Å²) in [6, 6.07) is 0. The minimum absolute atomic E-state index is 0.373. The quantitative estimate of drug-likeness (QED) is 0.457. The van der Waals surface area contributed by atoms with Crippen LogP contribution in [0, 0.1) is 0 Å². The van der Waals surface area contributed by atoms with Gasteiger partial charge < -0.3 is 11.1 Å². The fourth-order valence-corrected chi connectivity index (χ4v) is 0.319. The molecule has 0 radical (unpaired) electrons. The third-order valence-electron chi connectivity index (χ3n) is 0.351. The van der Waals surface area contributed by atoms with Gasteiger partial charge >= 0.3 is 0 Å². The van der Waals surface area contributed by atoms with Crippen LogP contribution in [0.3, 0.4) is 0 Å². The van der Waals surface area contributed by atoms with Gasteiger partial charge in [-0.05, 0) is 19.1 Å². The Morgan fingerprint density at radius 1 is 2.00 bits per heavy atom. The third-order valence-corrected chi connectivity index (χ3v) is 0.495. The summed E-state index contributed by atoms with van der Waals surface area (Å²) in [5.41, 5.74) is 5.02. The van der Waals surface area contributed by atoms with Crippen molar-refractivity contribution in [3.8, 4) is 0 Å². The van der Waals surface area contributed by atoms with Gasteiger partial charge in [-0.2, -0.15) is 0 Å². The molecule has 0 bridgehead atoms. The molecule has 6 heavy (non-hydrogen) atoms. The Hall–Kier alpha value is -0.310. The minimum Gasteiger partial charge on any atom is -0.376 e. The molecule has 0 aromatic heterocycles.